The van der Waals surface area contributed by atoms with Gasteiger partial charge in [-0.3, -0.25) is 4.79 Å². The zero-order valence-corrected chi connectivity index (χ0v) is 14.0. The van der Waals surface area contributed by atoms with Crippen molar-refractivity contribution in [3.63, 3.8) is 0 Å². The highest BCUT2D eigenvalue weighted by Crippen LogP contribution is 2.64. The minimum absolute atomic E-state index is 0.0837. The molecule has 4 saturated carbocycles. The fourth-order valence-electron chi connectivity index (χ4n) is 7.01. The first-order valence-electron chi connectivity index (χ1n) is 9.25. The maximum absolute atomic E-state index is 12.4. The van der Waals surface area contributed by atoms with Crippen LogP contribution in [0, 0.1) is 34.5 Å². The van der Waals surface area contributed by atoms with Crippen molar-refractivity contribution < 1.29 is 10.0 Å². The van der Waals surface area contributed by atoms with Crippen LogP contribution in [0.25, 0.3) is 0 Å². The molecule has 4 aliphatic carbocycles. The van der Waals surface area contributed by atoms with Gasteiger partial charge < -0.3 is 5.21 Å². The molecule has 4 aliphatic rings. The van der Waals surface area contributed by atoms with E-state index in [1.807, 2.05) is 0 Å². The van der Waals surface area contributed by atoms with E-state index < -0.39 is 0 Å². The molecule has 0 amide bonds. The van der Waals surface area contributed by atoms with E-state index in [9.17, 15) is 10.0 Å². The monoisotopic (exact) mass is 303 g/mol. The summed E-state index contributed by atoms with van der Waals surface area (Å²) in [5, 5.41) is 13.4. The minimum atomic E-state index is -0.0837. The lowest BCUT2D eigenvalue weighted by atomic mass is 9.45. The highest BCUT2D eigenvalue weighted by molar-refractivity contribution is 5.90. The number of carbonyl (C=O) groups excluding carboxylic acids is 1. The van der Waals surface area contributed by atoms with Crippen LogP contribution in [0.2, 0.25) is 0 Å². The van der Waals surface area contributed by atoms with Crippen LogP contribution in [-0.2, 0) is 4.79 Å². The summed E-state index contributed by atoms with van der Waals surface area (Å²) < 4.78 is 0. The average Bonchev–Trinajstić information content (AvgIpc) is 2.82. The first-order chi connectivity index (χ1) is 10.5. The van der Waals surface area contributed by atoms with E-state index in [0.717, 1.165) is 37.3 Å². The third kappa shape index (κ3) is 1.74. The van der Waals surface area contributed by atoms with Gasteiger partial charge in [0.1, 0.15) is 5.78 Å². The summed E-state index contributed by atoms with van der Waals surface area (Å²) in [6, 6.07) is 0. The van der Waals surface area contributed by atoms with Crippen LogP contribution < -0.4 is 0 Å². The molecule has 0 heterocycles. The fourth-order valence-corrected chi connectivity index (χ4v) is 7.01. The molecular formula is C19H29NO2. The molecule has 0 aromatic heterocycles. The number of hydrogen-bond donors (Lipinski definition) is 1. The molecule has 0 spiro atoms. The van der Waals surface area contributed by atoms with Gasteiger partial charge in [-0.2, -0.15) is 0 Å². The van der Waals surface area contributed by atoms with Crippen molar-refractivity contribution in [1.82, 2.24) is 0 Å². The summed E-state index contributed by atoms with van der Waals surface area (Å²) in [5.41, 5.74) is 1.27. The van der Waals surface area contributed by atoms with E-state index in [2.05, 4.69) is 19.0 Å². The smallest absolute Gasteiger partial charge is 0.139 e. The van der Waals surface area contributed by atoms with Crippen LogP contribution in [0.1, 0.15) is 71.6 Å². The van der Waals surface area contributed by atoms with Gasteiger partial charge in [-0.15, -0.1) is 0 Å². The first-order valence-corrected chi connectivity index (χ1v) is 9.25. The molecular weight excluding hydrogens is 274 g/mol. The van der Waals surface area contributed by atoms with Crippen LogP contribution in [-0.4, -0.2) is 16.7 Å². The maximum atomic E-state index is 12.4. The van der Waals surface area contributed by atoms with Gasteiger partial charge in [0.15, 0.2) is 0 Å². The molecule has 1 unspecified atom stereocenters. The summed E-state index contributed by atoms with van der Waals surface area (Å²) in [6.07, 6.45) is 10.1. The molecule has 0 aromatic carbocycles. The Bertz CT molecular complexity index is 528. The Kier molecular flexibility index (Phi) is 3.22. The standard InChI is InChI=1S/C19H29NO2/c1-18-9-4-3-5-15(18)16(20-22)11-12-13-6-7-17(21)19(13,2)10-8-14(12)18/h12-15,22H,3-11H2,1-2H3/b20-16+/t12-,13-,14-,15?,18+,19-/m0/s1. The molecule has 1 N–H and O–H groups in total. The third-order valence-corrected chi connectivity index (χ3v) is 8.22. The van der Waals surface area contributed by atoms with Gasteiger partial charge in [0.25, 0.3) is 0 Å². The van der Waals surface area contributed by atoms with Gasteiger partial charge in [0, 0.05) is 17.8 Å². The molecule has 4 fully saturated rings. The van der Waals surface area contributed by atoms with Crippen LogP contribution in [0.3, 0.4) is 0 Å². The molecule has 22 heavy (non-hydrogen) atoms. The van der Waals surface area contributed by atoms with Crippen LogP contribution in [0.5, 0.6) is 0 Å². The van der Waals surface area contributed by atoms with Crippen molar-refractivity contribution in [2.45, 2.75) is 71.6 Å². The quantitative estimate of drug-likeness (QED) is 0.531. The van der Waals surface area contributed by atoms with Crippen molar-refractivity contribution in [1.29, 1.82) is 0 Å². The Balaban J connectivity index is 1.73. The lowest BCUT2D eigenvalue weighted by molar-refractivity contribution is -0.133. The Morgan fingerprint density at radius 3 is 2.68 bits per heavy atom. The number of oxime groups is 1. The summed E-state index contributed by atoms with van der Waals surface area (Å²) >= 11 is 0. The van der Waals surface area contributed by atoms with E-state index in [1.165, 1.54) is 32.1 Å². The molecule has 4 rings (SSSR count). The average molecular weight is 303 g/mol. The summed E-state index contributed by atoms with van der Waals surface area (Å²) in [4.78, 5) is 12.4. The SMILES string of the molecule is C[C@]12CCCCC1/C(=N/O)C[C@@H]1[C@@H]2CC[C@]2(C)C(=O)CC[C@@H]12. The van der Waals surface area contributed by atoms with Gasteiger partial charge in [-0.25, -0.2) is 0 Å². The van der Waals surface area contributed by atoms with Gasteiger partial charge >= 0.3 is 0 Å². The van der Waals surface area contributed by atoms with Gasteiger partial charge in [-0.05, 0) is 61.7 Å². The molecule has 0 bridgehead atoms. The molecule has 3 nitrogen and oxygen atoms in total. The van der Waals surface area contributed by atoms with E-state index >= 15 is 0 Å². The van der Waals surface area contributed by atoms with E-state index in [-0.39, 0.29) is 5.41 Å². The lowest BCUT2D eigenvalue weighted by Gasteiger charge is -2.59. The number of ketones is 1. The van der Waals surface area contributed by atoms with Gasteiger partial charge in [0.2, 0.25) is 0 Å². The second-order valence-electron chi connectivity index (χ2n) is 8.89. The highest BCUT2D eigenvalue weighted by Gasteiger charge is 2.61. The molecule has 6 atom stereocenters. The Hall–Kier alpha value is -0.860. The summed E-state index contributed by atoms with van der Waals surface area (Å²) in [6.45, 7) is 4.67. The molecule has 0 aromatic rings. The van der Waals surface area contributed by atoms with Crippen LogP contribution >= 0.6 is 0 Å². The predicted octanol–water partition coefficient (Wildman–Crippen LogP) is 4.43. The van der Waals surface area contributed by atoms with Crippen molar-refractivity contribution in [3.8, 4) is 0 Å². The zero-order valence-electron chi connectivity index (χ0n) is 14.0. The van der Waals surface area contributed by atoms with E-state index in [4.69, 9.17) is 0 Å². The molecule has 3 heteroatoms. The van der Waals surface area contributed by atoms with Crippen molar-refractivity contribution >= 4 is 11.5 Å². The summed E-state index contributed by atoms with van der Waals surface area (Å²) in [7, 11) is 0. The first kappa shape index (κ1) is 14.7. The largest absolute Gasteiger partial charge is 0.411 e. The van der Waals surface area contributed by atoms with E-state index in [0.29, 0.717) is 29.0 Å². The van der Waals surface area contributed by atoms with Crippen LogP contribution in [0.4, 0.5) is 0 Å². The number of Topliss-reactive ketones (excluding diaryl/α,β-unsaturated/α-hetero) is 1. The Morgan fingerprint density at radius 1 is 1.09 bits per heavy atom. The normalized spacial score (nSPS) is 53.0. The molecule has 0 radical (unpaired) electrons. The number of hydrogen-bond acceptors (Lipinski definition) is 3. The highest BCUT2D eigenvalue weighted by atomic mass is 16.4. The molecule has 0 aliphatic heterocycles. The lowest BCUT2D eigenvalue weighted by Crippen LogP contribution is -2.55. The number of fused-ring (bicyclic) bond motifs is 5. The zero-order chi connectivity index (χ0) is 15.5. The predicted molar refractivity (Wildman–Crippen MR) is 86.0 cm³/mol. The van der Waals surface area contributed by atoms with Crippen molar-refractivity contribution in [3.05, 3.63) is 0 Å². The fraction of sp³-hybridized carbons (Fsp3) is 0.895. The summed E-state index contributed by atoms with van der Waals surface area (Å²) in [5.74, 6) is 2.79. The number of carbonyl (C=O) groups is 1. The number of rotatable bonds is 0. The topological polar surface area (TPSA) is 49.7 Å². The Morgan fingerprint density at radius 2 is 1.91 bits per heavy atom. The van der Waals surface area contributed by atoms with Crippen LogP contribution in [0.15, 0.2) is 5.16 Å². The second kappa shape index (κ2) is 4.82. The van der Waals surface area contributed by atoms with Gasteiger partial charge in [-0.1, -0.05) is 31.8 Å². The van der Waals surface area contributed by atoms with E-state index in [1.54, 1.807) is 0 Å². The Labute approximate surface area is 133 Å². The minimum Gasteiger partial charge on any atom is -0.411 e. The van der Waals surface area contributed by atoms with Gasteiger partial charge in [0.05, 0.1) is 5.71 Å². The number of nitrogens with zero attached hydrogens (tertiary/aromatic N) is 1. The van der Waals surface area contributed by atoms with Crippen molar-refractivity contribution in [2.75, 3.05) is 0 Å². The molecule has 0 saturated heterocycles. The molecule has 122 valence electrons. The van der Waals surface area contributed by atoms with Crippen molar-refractivity contribution in [2.24, 2.45) is 39.7 Å². The third-order valence-electron chi connectivity index (χ3n) is 8.22. The second-order valence-corrected chi connectivity index (χ2v) is 8.89. The maximum Gasteiger partial charge on any atom is 0.139 e.